The van der Waals surface area contributed by atoms with Gasteiger partial charge in [0.05, 0.1) is 4.88 Å². The molecule has 0 unspecified atom stereocenters. The minimum absolute atomic E-state index is 0.0549. The average Bonchev–Trinajstić information content (AvgIpc) is 3.23. The molecule has 4 rings (SSSR count). The first-order chi connectivity index (χ1) is 16.1. The lowest BCUT2D eigenvalue weighted by atomic mass is 10.1. The summed E-state index contributed by atoms with van der Waals surface area (Å²) in [4.78, 5) is 29.4. The number of carbonyl (C=O) groups is 2. The number of benzene rings is 2. The number of carbonyl (C=O) groups excluding carboxylic acids is 2. The summed E-state index contributed by atoms with van der Waals surface area (Å²) >= 11 is 1.21. The van der Waals surface area contributed by atoms with Crippen LogP contribution in [0.15, 0.2) is 73.1 Å². The molecule has 0 spiro atoms. The number of amides is 2. The quantitative estimate of drug-likeness (QED) is 0.384. The third-order valence-electron chi connectivity index (χ3n) is 4.95. The second-order valence-corrected chi connectivity index (χ2v) is 8.32. The minimum Gasteiger partial charge on any atom is -0.489 e. The minimum atomic E-state index is -0.399. The molecule has 2 amide bonds. The number of nitrogens with zero attached hydrogens (tertiary/aromatic N) is 1. The maximum absolute atomic E-state index is 14.6. The zero-order valence-corrected chi connectivity index (χ0v) is 18.5. The van der Waals surface area contributed by atoms with Gasteiger partial charge in [0.2, 0.25) is 5.91 Å². The number of hydrogen-bond acceptors (Lipinski definition) is 5. The van der Waals surface area contributed by atoms with E-state index in [4.69, 9.17) is 4.74 Å². The Balaban J connectivity index is 1.40. The van der Waals surface area contributed by atoms with Crippen LogP contribution in [0.1, 0.15) is 27.2 Å². The zero-order valence-electron chi connectivity index (χ0n) is 17.7. The molecule has 0 atom stereocenters. The van der Waals surface area contributed by atoms with Gasteiger partial charge in [-0.2, -0.15) is 0 Å². The van der Waals surface area contributed by atoms with E-state index < -0.39 is 5.82 Å². The Hall–Kier alpha value is -3.78. The number of fused-ring (bicyclic) bond motifs is 1. The van der Waals surface area contributed by atoms with E-state index in [1.807, 2.05) is 24.3 Å². The van der Waals surface area contributed by atoms with E-state index >= 15 is 0 Å². The maximum Gasteiger partial charge on any atom is 0.261 e. The largest absolute Gasteiger partial charge is 0.489 e. The third kappa shape index (κ3) is 5.72. The van der Waals surface area contributed by atoms with Crippen LogP contribution in [-0.2, 0) is 17.9 Å². The highest BCUT2D eigenvalue weighted by Crippen LogP contribution is 2.34. The lowest BCUT2D eigenvalue weighted by Crippen LogP contribution is -2.30. The molecule has 0 aliphatic rings. The average molecular weight is 464 g/mol. The number of pyridine rings is 1. The first-order valence-corrected chi connectivity index (χ1v) is 11.2. The van der Waals surface area contributed by atoms with E-state index in [1.165, 1.54) is 17.4 Å². The number of aromatic nitrogens is 1. The summed E-state index contributed by atoms with van der Waals surface area (Å²) in [5.74, 6) is -0.314. The normalized spacial score (nSPS) is 10.7. The van der Waals surface area contributed by atoms with Gasteiger partial charge in [-0.1, -0.05) is 30.3 Å². The summed E-state index contributed by atoms with van der Waals surface area (Å²) in [5.41, 5.74) is 1.39. The summed E-state index contributed by atoms with van der Waals surface area (Å²) in [6.07, 6.45) is 3.47. The van der Waals surface area contributed by atoms with Crippen molar-refractivity contribution in [1.29, 1.82) is 0 Å². The molecule has 2 N–H and O–H groups in total. The van der Waals surface area contributed by atoms with E-state index in [9.17, 15) is 14.0 Å². The molecule has 2 aromatic carbocycles. The topological polar surface area (TPSA) is 80.3 Å². The van der Waals surface area contributed by atoms with Gasteiger partial charge in [-0.15, -0.1) is 11.3 Å². The number of para-hydroxylation sites is 1. The van der Waals surface area contributed by atoms with Crippen LogP contribution in [0.5, 0.6) is 5.75 Å². The number of halogens is 1. The number of nitrogens with one attached hydrogen (secondary N) is 2. The zero-order chi connectivity index (χ0) is 23.0. The van der Waals surface area contributed by atoms with E-state index in [-0.39, 0.29) is 31.4 Å². The van der Waals surface area contributed by atoms with Crippen molar-refractivity contribution in [1.82, 2.24) is 15.6 Å². The predicted octanol–water partition coefficient (Wildman–Crippen LogP) is 4.45. The van der Waals surface area contributed by atoms with Crippen molar-refractivity contribution >= 4 is 33.2 Å². The molecule has 0 saturated heterocycles. The molecule has 0 bridgehead atoms. The highest BCUT2D eigenvalue weighted by Gasteiger charge is 2.21. The molecule has 0 saturated carbocycles. The van der Waals surface area contributed by atoms with Gasteiger partial charge >= 0.3 is 0 Å². The number of hydrogen-bond donors (Lipinski definition) is 2. The monoisotopic (exact) mass is 463 g/mol. The summed E-state index contributed by atoms with van der Waals surface area (Å²) in [6, 6.07) is 17.6. The number of rotatable bonds is 9. The van der Waals surface area contributed by atoms with Gasteiger partial charge in [-0.05, 0) is 35.9 Å². The molecular weight excluding hydrogens is 441 g/mol. The molecule has 0 radical (unpaired) electrons. The molecular formula is C25H22FN3O3S. The second kappa shape index (κ2) is 10.7. The third-order valence-corrected chi connectivity index (χ3v) is 6.14. The van der Waals surface area contributed by atoms with Crippen molar-refractivity contribution in [3.8, 4) is 5.75 Å². The van der Waals surface area contributed by atoms with Crippen molar-refractivity contribution < 1.29 is 18.7 Å². The Kier molecular flexibility index (Phi) is 7.26. The van der Waals surface area contributed by atoms with Gasteiger partial charge in [0.15, 0.2) is 0 Å². The van der Waals surface area contributed by atoms with Gasteiger partial charge in [-0.3, -0.25) is 14.6 Å². The molecule has 0 fully saturated rings. The number of ether oxygens (including phenoxy) is 1. The van der Waals surface area contributed by atoms with E-state index in [1.54, 1.807) is 42.7 Å². The Labute approximate surface area is 194 Å². The van der Waals surface area contributed by atoms with Gasteiger partial charge in [-0.25, -0.2) is 4.39 Å². The van der Waals surface area contributed by atoms with Crippen LogP contribution in [0, 0.1) is 5.82 Å². The smallest absolute Gasteiger partial charge is 0.261 e. The highest BCUT2D eigenvalue weighted by atomic mass is 32.1. The summed E-state index contributed by atoms with van der Waals surface area (Å²) in [7, 11) is 0. The van der Waals surface area contributed by atoms with Crippen LogP contribution in [0.25, 0.3) is 10.1 Å². The summed E-state index contributed by atoms with van der Waals surface area (Å²) in [5, 5.41) is 5.95. The van der Waals surface area contributed by atoms with Gasteiger partial charge in [0.25, 0.3) is 5.91 Å². The Morgan fingerprint density at radius 3 is 2.64 bits per heavy atom. The summed E-state index contributed by atoms with van der Waals surface area (Å²) in [6.45, 7) is 0.587. The molecule has 0 aliphatic carbocycles. The van der Waals surface area contributed by atoms with Crippen molar-refractivity contribution in [3.05, 3.63) is 94.9 Å². The lowest BCUT2D eigenvalue weighted by Gasteiger charge is -2.09. The molecule has 8 heteroatoms. The Morgan fingerprint density at radius 2 is 1.85 bits per heavy atom. The molecule has 2 heterocycles. The first-order valence-electron chi connectivity index (χ1n) is 10.4. The van der Waals surface area contributed by atoms with Crippen LogP contribution in [0.2, 0.25) is 0 Å². The van der Waals surface area contributed by atoms with Gasteiger partial charge < -0.3 is 15.4 Å². The Bertz CT molecular complexity index is 1250. The van der Waals surface area contributed by atoms with Crippen LogP contribution in [-0.4, -0.2) is 23.3 Å². The van der Waals surface area contributed by atoms with E-state index in [0.29, 0.717) is 32.8 Å². The predicted molar refractivity (Wildman–Crippen MR) is 126 cm³/mol. The lowest BCUT2D eigenvalue weighted by molar-refractivity contribution is -0.121. The standard InChI is InChI=1S/C25H22FN3O3S/c26-20-9-4-10-21-23(20)19(16-32-18-7-2-1-3-8-18)24(33-21)25(31)28-13-11-22(30)29-15-17-6-5-12-27-14-17/h1-10,12,14H,11,13,15-16H2,(H,28,31)(H,29,30). The first kappa shape index (κ1) is 22.4. The second-order valence-electron chi connectivity index (χ2n) is 7.27. The molecule has 168 valence electrons. The maximum atomic E-state index is 14.6. The fourth-order valence-electron chi connectivity index (χ4n) is 3.32. The van der Waals surface area contributed by atoms with Crippen LogP contribution in [0.3, 0.4) is 0 Å². The van der Waals surface area contributed by atoms with Crippen molar-refractivity contribution in [2.24, 2.45) is 0 Å². The number of thiophene rings is 1. The fraction of sp³-hybridized carbons (Fsp3) is 0.160. The SMILES string of the molecule is O=C(CCNC(=O)c1sc2cccc(F)c2c1COc1ccccc1)NCc1cccnc1. The van der Waals surface area contributed by atoms with E-state index in [2.05, 4.69) is 15.6 Å². The van der Waals surface area contributed by atoms with Crippen LogP contribution in [0.4, 0.5) is 4.39 Å². The highest BCUT2D eigenvalue weighted by molar-refractivity contribution is 7.21. The molecule has 33 heavy (non-hydrogen) atoms. The van der Waals surface area contributed by atoms with Crippen LogP contribution < -0.4 is 15.4 Å². The molecule has 6 nitrogen and oxygen atoms in total. The molecule has 0 aliphatic heterocycles. The molecule has 4 aromatic rings. The molecule has 2 aromatic heterocycles. The van der Waals surface area contributed by atoms with Crippen LogP contribution >= 0.6 is 11.3 Å². The van der Waals surface area contributed by atoms with Crippen molar-refractivity contribution in [2.45, 2.75) is 19.6 Å². The van der Waals surface area contributed by atoms with Crippen molar-refractivity contribution in [3.63, 3.8) is 0 Å². The fourth-order valence-corrected chi connectivity index (χ4v) is 4.46. The van der Waals surface area contributed by atoms with E-state index in [0.717, 1.165) is 5.56 Å². The Morgan fingerprint density at radius 1 is 1.00 bits per heavy atom. The summed E-state index contributed by atoms with van der Waals surface area (Å²) < 4.78 is 21.1. The van der Waals surface area contributed by atoms with Gasteiger partial charge in [0, 0.05) is 47.6 Å². The van der Waals surface area contributed by atoms with Crippen molar-refractivity contribution in [2.75, 3.05) is 6.54 Å². The van der Waals surface area contributed by atoms with Gasteiger partial charge in [0.1, 0.15) is 18.2 Å².